The molecule has 1 aromatic carbocycles. The van der Waals surface area contributed by atoms with Crippen LogP contribution in [0.25, 0.3) is 0 Å². The van der Waals surface area contributed by atoms with E-state index in [1.54, 1.807) is 0 Å². The van der Waals surface area contributed by atoms with Crippen molar-refractivity contribution >= 4 is 0 Å². The summed E-state index contributed by atoms with van der Waals surface area (Å²) in [6.45, 7) is 8.37. The highest BCUT2D eigenvalue weighted by Crippen LogP contribution is 2.13. The molecule has 1 unspecified atom stereocenters. The molecule has 0 radical (unpaired) electrons. The first kappa shape index (κ1) is 17.0. The maximum atomic E-state index is 5.75. The van der Waals surface area contributed by atoms with Crippen LogP contribution in [0, 0.1) is 0 Å². The minimum absolute atomic E-state index is 0.595. The van der Waals surface area contributed by atoms with Crippen molar-refractivity contribution in [1.29, 1.82) is 0 Å². The fourth-order valence-corrected chi connectivity index (χ4v) is 2.32. The number of rotatable bonds is 11. The Morgan fingerprint density at radius 3 is 2.45 bits per heavy atom. The Bertz CT molecular complexity index is 334. The van der Waals surface area contributed by atoms with E-state index >= 15 is 0 Å². The van der Waals surface area contributed by atoms with Crippen LogP contribution in [-0.2, 0) is 6.42 Å². The summed E-state index contributed by atoms with van der Waals surface area (Å²) in [5.41, 5.74) is 1.39. The van der Waals surface area contributed by atoms with Gasteiger partial charge in [0.25, 0.3) is 0 Å². The second kappa shape index (κ2) is 10.7. The normalized spacial score (nSPS) is 12.3. The van der Waals surface area contributed by atoms with E-state index in [1.807, 2.05) is 0 Å². The van der Waals surface area contributed by atoms with Crippen molar-refractivity contribution in [3.05, 3.63) is 29.8 Å². The van der Waals surface area contributed by atoms with E-state index in [1.165, 1.54) is 37.7 Å². The van der Waals surface area contributed by atoms with Gasteiger partial charge in [-0.1, -0.05) is 51.7 Å². The smallest absolute Gasteiger partial charge is 0.119 e. The first-order chi connectivity index (χ1) is 9.76. The van der Waals surface area contributed by atoms with Crippen molar-refractivity contribution in [2.75, 3.05) is 13.2 Å². The van der Waals surface area contributed by atoms with Gasteiger partial charge in [0.1, 0.15) is 12.4 Å². The van der Waals surface area contributed by atoms with E-state index in [0.717, 1.165) is 25.3 Å². The number of aryl methyl sites for hydroxylation is 1. The lowest BCUT2D eigenvalue weighted by Gasteiger charge is -2.14. The minimum atomic E-state index is 0.595. The number of hydrogen-bond acceptors (Lipinski definition) is 2. The van der Waals surface area contributed by atoms with E-state index < -0.39 is 0 Å². The molecule has 0 aromatic heterocycles. The van der Waals surface area contributed by atoms with Crippen LogP contribution in [-0.4, -0.2) is 19.2 Å². The Balaban J connectivity index is 2.11. The van der Waals surface area contributed by atoms with Crippen molar-refractivity contribution < 1.29 is 4.74 Å². The van der Waals surface area contributed by atoms with E-state index in [2.05, 4.69) is 50.4 Å². The topological polar surface area (TPSA) is 21.3 Å². The summed E-state index contributed by atoms with van der Waals surface area (Å²) < 4.78 is 5.75. The van der Waals surface area contributed by atoms with Crippen molar-refractivity contribution in [2.45, 2.75) is 65.3 Å². The standard InChI is InChI=1S/C18H31NO/c1-4-6-7-9-16(3)19-14-15-20-18-12-10-17(8-5-2)11-13-18/h10-13,16,19H,4-9,14-15H2,1-3H3. The zero-order valence-electron chi connectivity index (χ0n) is 13.5. The van der Waals surface area contributed by atoms with Gasteiger partial charge >= 0.3 is 0 Å². The molecular formula is C18H31NO. The lowest BCUT2D eigenvalue weighted by atomic mass is 10.1. The molecule has 0 spiro atoms. The van der Waals surface area contributed by atoms with Crippen molar-refractivity contribution in [3.8, 4) is 5.75 Å². The van der Waals surface area contributed by atoms with Gasteiger partial charge in [0.2, 0.25) is 0 Å². The predicted octanol–water partition coefficient (Wildman–Crippen LogP) is 4.58. The SMILES string of the molecule is CCCCCC(C)NCCOc1ccc(CCC)cc1. The average Bonchev–Trinajstić information content (AvgIpc) is 2.46. The maximum absolute atomic E-state index is 5.75. The molecular weight excluding hydrogens is 246 g/mol. The van der Waals surface area contributed by atoms with Crippen molar-refractivity contribution in [3.63, 3.8) is 0 Å². The van der Waals surface area contributed by atoms with Crippen LogP contribution in [0.5, 0.6) is 5.75 Å². The first-order valence-electron chi connectivity index (χ1n) is 8.21. The molecule has 0 saturated carbocycles. The third-order valence-corrected chi connectivity index (χ3v) is 3.57. The van der Waals surface area contributed by atoms with Gasteiger partial charge < -0.3 is 10.1 Å². The van der Waals surface area contributed by atoms with E-state index in [-0.39, 0.29) is 0 Å². The Morgan fingerprint density at radius 2 is 1.80 bits per heavy atom. The molecule has 0 aliphatic carbocycles. The van der Waals surface area contributed by atoms with Crippen LogP contribution in [0.4, 0.5) is 0 Å². The second-order valence-corrected chi connectivity index (χ2v) is 5.59. The molecule has 0 aliphatic rings. The number of nitrogens with one attached hydrogen (secondary N) is 1. The summed E-state index contributed by atoms with van der Waals surface area (Å²) in [5, 5.41) is 3.52. The van der Waals surface area contributed by atoms with Gasteiger partial charge in [0.05, 0.1) is 0 Å². The molecule has 20 heavy (non-hydrogen) atoms. The zero-order chi connectivity index (χ0) is 14.6. The summed E-state index contributed by atoms with van der Waals surface area (Å²) in [6.07, 6.45) is 7.57. The molecule has 0 aliphatic heterocycles. The third-order valence-electron chi connectivity index (χ3n) is 3.57. The number of unbranched alkanes of at least 4 members (excludes halogenated alkanes) is 2. The number of ether oxygens (including phenoxy) is 1. The van der Waals surface area contributed by atoms with Gasteiger partial charge in [-0.3, -0.25) is 0 Å². The molecule has 1 aromatic rings. The van der Waals surface area contributed by atoms with E-state index in [0.29, 0.717) is 6.04 Å². The lowest BCUT2D eigenvalue weighted by molar-refractivity contribution is 0.304. The largest absolute Gasteiger partial charge is 0.492 e. The minimum Gasteiger partial charge on any atom is -0.492 e. The van der Waals surface area contributed by atoms with Crippen LogP contribution >= 0.6 is 0 Å². The predicted molar refractivity (Wildman–Crippen MR) is 87.5 cm³/mol. The zero-order valence-corrected chi connectivity index (χ0v) is 13.5. The number of benzene rings is 1. The fraction of sp³-hybridized carbons (Fsp3) is 0.667. The van der Waals surface area contributed by atoms with E-state index in [4.69, 9.17) is 4.74 Å². The highest BCUT2D eigenvalue weighted by molar-refractivity contribution is 5.27. The van der Waals surface area contributed by atoms with Gasteiger partial charge in [-0.05, 0) is 37.5 Å². The molecule has 0 amide bonds. The molecule has 0 fully saturated rings. The Morgan fingerprint density at radius 1 is 1.05 bits per heavy atom. The first-order valence-corrected chi connectivity index (χ1v) is 8.21. The number of hydrogen-bond donors (Lipinski definition) is 1. The van der Waals surface area contributed by atoms with Crippen LogP contribution in [0.1, 0.15) is 58.4 Å². The van der Waals surface area contributed by atoms with Crippen molar-refractivity contribution in [1.82, 2.24) is 5.32 Å². The second-order valence-electron chi connectivity index (χ2n) is 5.59. The summed E-state index contributed by atoms with van der Waals surface area (Å²) in [4.78, 5) is 0. The molecule has 1 N–H and O–H groups in total. The molecule has 2 heteroatoms. The summed E-state index contributed by atoms with van der Waals surface area (Å²) >= 11 is 0. The van der Waals surface area contributed by atoms with Crippen LogP contribution < -0.4 is 10.1 Å². The molecule has 0 saturated heterocycles. The van der Waals surface area contributed by atoms with Gasteiger partial charge in [0.15, 0.2) is 0 Å². The lowest BCUT2D eigenvalue weighted by Crippen LogP contribution is -2.30. The summed E-state index contributed by atoms with van der Waals surface area (Å²) in [5.74, 6) is 0.977. The monoisotopic (exact) mass is 277 g/mol. The van der Waals surface area contributed by atoms with Crippen LogP contribution in [0.3, 0.4) is 0 Å². The fourth-order valence-electron chi connectivity index (χ4n) is 2.32. The third kappa shape index (κ3) is 7.54. The molecule has 2 nitrogen and oxygen atoms in total. The molecule has 0 heterocycles. The summed E-state index contributed by atoms with van der Waals surface area (Å²) in [7, 11) is 0. The quantitative estimate of drug-likeness (QED) is 0.598. The Labute approximate surface area is 124 Å². The van der Waals surface area contributed by atoms with Gasteiger partial charge in [-0.15, -0.1) is 0 Å². The molecule has 1 atom stereocenters. The Hall–Kier alpha value is -1.02. The average molecular weight is 277 g/mol. The van der Waals surface area contributed by atoms with Gasteiger partial charge in [-0.25, -0.2) is 0 Å². The van der Waals surface area contributed by atoms with Crippen molar-refractivity contribution in [2.24, 2.45) is 0 Å². The Kier molecular flexibility index (Phi) is 9.14. The molecule has 114 valence electrons. The molecule has 0 bridgehead atoms. The van der Waals surface area contributed by atoms with Gasteiger partial charge in [-0.2, -0.15) is 0 Å². The maximum Gasteiger partial charge on any atom is 0.119 e. The summed E-state index contributed by atoms with van der Waals surface area (Å²) in [6, 6.07) is 9.09. The highest BCUT2D eigenvalue weighted by atomic mass is 16.5. The highest BCUT2D eigenvalue weighted by Gasteiger charge is 2.00. The molecule has 1 rings (SSSR count). The van der Waals surface area contributed by atoms with Gasteiger partial charge in [0, 0.05) is 12.6 Å². The van der Waals surface area contributed by atoms with E-state index in [9.17, 15) is 0 Å². The van der Waals surface area contributed by atoms with Crippen LogP contribution in [0.15, 0.2) is 24.3 Å². The van der Waals surface area contributed by atoms with Crippen LogP contribution in [0.2, 0.25) is 0 Å².